The standard InChI is InChI=1S/C22H21N5O3.C21H16ClF2N5O3.C21H24ClN5O3.C15H14FN5O3/c1-3-15-6-4-5-7-18(15)22(29)30-13-20(28)23-17-10-8-16(9-11-17)21-24-19-12-14(2)25-27(19)26-21;1-11-19(22)21-26-20(28-29(21)27-11)13-2-4-16(5-3-13)25-17(30)10-32-18(31)8-12-6-14(23)9-15(24)7-12;1-12-6-3-4-9-16(12)21(29)30-11-17(28)23-15-8-5-7-14(10-15)19-24-20-18(22)13(2)25-27(20)26-19;1-8-13(16)15-18-14(20-21(15)19-8)10-3-5-11(6-4-10)17-12(23)7-24-9(2)22/h4-12,25H,3,13H2,1-2H3,(H,23,28);2-7,9,27H,8,10H2,1H3,(H,25,30);5,7-8,10,12,16,25H,3-4,6,9,11H2,1-2H3,(H,23,28);3-6,19H,7H2,1-2H3,(H,17,23)/t;;12-,16+;/m..1./s1. The largest absolute Gasteiger partial charge is 0.456 e. The molecular weight excluding hydrogens is 1550 g/mol. The molecule has 1 saturated carbocycles. The van der Waals surface area contributed by atoms with Crippen molar-refractivity contribution in [3.05, 3.63) is 213 Å². The van der Waals surface area contributed by atoms with Crippen molar-refractivity contribution in [3.8, 4) is 45.6 Å². The lowest BCUT2D eigenvalue weighted by Crippen LogP contribution is -2.30. The van der Waals surface area contributed by atoms with Crippen LogP contribution in [0.15, 0.2) is 146 Å². The van der Waals surface area contributed by atoms with E-state index in [0.717, 1.165) is 77.2 Å². The van der Waals surface area contributed by atoms with Crippen LogP contribution in [0.25, 0.3) is 68.1 Å². The van der Waals surface area contributed by atoms with Crippen LogP contribution in [0.4, 0.5) is 35.9 Å². The monoisotopic (exact) mass is 1620 g/mol. The van der Waals surface area contributed by atoms with Gasteiger partial charge in [-0.15, -0.1) is 20.4 Å². The number of carbonyl (C=O) groups is 8. The summed E-state index contributed by atoms with van der Waals surface area (Å²) in [6.07, 6.45) is 4.40. The number of nitrogens with one attached hydrogen (secondary N) is 8. The fraction of sp³-hybridized carbons (Fsp3) is 0.241. The molecule has 14 aromatic rings. The van der Waals surface area contributed by atoms with Crippen LogP contribution in [-0.2, 0) is 65.4 Å². The lowest BCUT2D eigenvalue weighted by atomic mass is 9.80. The van der Waals surface area contributed by atoms with Gasteiger partial charge in [-0.1, -0.05) is 80.2 Å². The number of hydrogen-bond donors (Lipinski definition) is 8. The zero-order chi connectivity index (χ0) is 82.4. The number of aryl methyl sites for hydroxylation is 5. The van der Waals surface area contributed by atoms with Gasteiger partial charge in [-0.2, -0.15) is 18.5 Å². The molecule has 37 heteroatoms. The molecule has 2 atom stereocenters. The molecule has 8 aromatic heterocycles. The number of ether oxygens (including phenoxy) is 4. The number of anilines is 4. The van der Waals surface area contributed by atoms with E-state index in [-0.39, 0.29) is 55.2 Å². The second-order valence-corrected chi connectivity index (χ2v) is 27.5. The van der Waals surface area contributed by atoms with E-state index in [2.05, 4.69) is 93.7 Å². The molecule has 0 spiro atoms. The van der Waals surface area contributed by atoms with Gasteiger partial charge in [0.05, 0.1) is 35.0 Å². The first kappa shape index (κ1) is 81.7. The van der Waals surface area contributed by atoms with Gasteiger partial charge in [-0.25, -0.2) is 37.9 Å². The van der Waals surface area contributed by atoms with Gasteiger partial charge in [0.25, 0.3) is 23.6 Å². The van der Waals surface area contributed by atoms with Crippen molar-refractivity contribution in [3.63, 3.8) is 0 Å². The molecule has 32 nitrogen and oxygen atoms in total. The summed E-state index contributed by atoms with van der Waals surface area (Å²) in [6.45, 7) is 10.9. The van der Waals surface area contributed by atoms with Crippen molar-refractivity contribution >= 4 is 116 Å². The first-order chi connectivity index (χ1) is 55.7. The fourth-order valence-electron chi connectivity index (χ4n) is 12.1. The third-order valence-electron chi connectivity index (χ3n) is 17.9. The minimum atomic E-state index is -0.796. The van der Waals surface area contributed by atoms with E-state index >= 15 is 0 Å². The maximum absolute atomic E-state index is 13.8. The van der Waals surface area contributed by atoms with Gasteiger partial charge in [0.15, 0.2) is 72.5 Å². The van der Waals surface area contributed by atoms with Gasteiger partial charge in [-0.3, -0.25) is 54.0 Å². The average Bonchev–Trinajstić information content (AvgIpc) is 1.66. The molecule has 0 saturated heterocycles. The van der Waals surface area contributed by atoms with E-state index in [1.165, 1.54) is 20.8 Å². The van der Waals surface area contributed by atoms with E-state index in [1.807, 2.05) is 64.1 Å². The lowest BCUT2D eigenvalue weighted by Gasteiger charge is -2.26. The van der Waals surface area contributed by atoms with E-state index in [0.29, 0.717) is 108 Å². The Morgan fingerprint density at radius 1 is 0.483 bits per heavy atom. The zero-order valence-electron chi connectivity index (χ0n) is 63.2. The highest BCUT2D eigenvalue weighted by Crippen LogP contribution is 2.32. The molecule has 0 aliphatic heterocycles. The van der Waals surface area contributed by atoms with Crippen molar-refractivity contribution in [1.29, 1.82) is 0 Å². The molecule has 1 aliphatic carbocycles. The second kappa shape index (κ2) is 36.8. The fourth-order valence-corrected chi connectivity index (χ4v) is 12.5. The molecule has 6 aromatic carbocycles. The maximum Gasteiger partial charge on any atom is 0.338 e. The van der Waals surface area contributed by atoms with Crippen molar-refractivity contribution in [2.45, 2.75) is 87.0 Å². The molecule has 4 amide bonds. The summed E-state index contributed by atoms with van der Waals surface area (Å²) in [5, 5.41) is 40.7. The highest BCUT2D eigenvalue weighted by atomic mass is 35.5. The van der Waals surface area contributed by atoms with Gasteiger partial charge < -0.3 is 40.2 Å². The van der Waals surface area contributed by atoms with Crippen LogP contribution in [0.5, 0.6) is 0 Å². The Bertz CT molecular complexity index is 5910. The molecule has 0 bridgehead atoms. The van der Waals surface area contributed by atoms with Crippen LogP contribution in [0, 0.1) is 57.0 Å². The average molecular weight is 1620 g/mol. The highest BCUT2D eigenvalue weighted by molar-refractivity contribution is 6.34. The summed E-state index contributed by atoms with van der Waals surface area (Å²) in [6, 6.07) is 39.6. The number of nitrogens with zero attached hydrogens (tertiary/aromatic N) is 12. The molecule has 0 radical (unpaired) electrons. The molecule has 1 aliphatic rings. The number of benzene rings is 6. The summed E-state index contributed by atoms with van der Waals surface area (Å²) >= 11 is 12.4. The number of esters is 4. The van der Waals surface area contributed by atoms with E-state index in [9.17, 15) is 51.5 Å². The Balaban J connectivity index is 0.000000143. The van der Waals surface area contributed by atoms with Crippen LogP contribution >= 0.6 is 23.2 Å². The first-order valence-corrected chi connectivity index (χ1v) is 36.9. The van der Waals surface area contributed by atoms with Crippen molar-refractivity contribution in [2.75, 3.05) is 47.7 Å². The van der Waals surface area contributed by atoms with Gasteiger partial charge in [-0.05, 0) is 167 Å². The smallest absolute Gasteiger partial charge is 0.338 e. The van der Waals surface area contributed by atoms with Crippen LogP contribution in [0.3, 0.4) is 0 Å². The minimum absolute atomic E-state index is 0.109. The molecule has 116 heavy (non-hydrogen) atoms. The number of halogens is 5. The number of fused-ring (bicyclic) bond motifs is 4. The third-order valence-corrected chi connectivity index (χ3v) is 18.8. The van der Waals surface area contributed by atoms with Crippen LogP contribution in [-0.4, -0.2) is 153 Å². The maximum atomic E-state index is 13.8. The SMILES string of the molecule is CC(=O)OCC(=O)Nc1ccc(-c2nc3c(F)c(C)[nH]n3n2)cc1.CCc1ccccc1C(=O)OCC(=O)Nc1ccc(-c2nc3cc(C)[nH]n3n2)cc1.Cc1[nH]n2nc(-c3ccc(NC(=O)COC(=O)Cc4cc(F)cc(F)c4)cc3)nc2c1Cl.Cc1[nH]n2nc(-c3cccc(NC(=O)COC(=O)[C@H]4CCCC[C@H]4C)c3)nc2c1Cl. The number of hydrogen-bond acceptors (Lipinski definition) is 20. The van der Waals surface area contributed by atoms with Crippen molar-refractivity contribution in [2.24, 2.45) is 11.8 Å². The predicted molar refractivity (Wildman–Crippen MR) is 420 cm³/mol. The van der Waals surface area contributed by atoms with Crippen LogP contribution < -0.4 is 21.3 Å². The molecule has 598 valence electrons. The van der Waals surface area contributed by atoms with Gasteiger partial charge in [0.1, 0.15) is 21.7 Å². The Labute approximate surface area is 667 Å². The predicted octanol–water partition coefficient (Wildman–Crippen LogP) is 12.7. The Hall–Kier alpha value is -13.8. The highest BCUT2D eigenvalue weighted by Gasteiger charge is 2.30. The van der Waals surface area contributed by atoms with E-state index in [1.54, 1.807) is 103 Å². The van der Waals surface area contributed by atoms with Gasteiger partial charge in [0, 0.05) is 69.8 Å². The number of amides is 4. The summed E-state index contributed by atoms with van der Waals surface area (Å²) in [4.78, 5) is 112. The van der Waals surface area contributed by atoms with Crippen LogP contribution in [0.1, 0.15) is 90.7 Å². The van der Waals surface area contributed by atoms with E-state index in [4.69, 9.17) is 37.4 Å². The van der Waals surface area contributed by atoms with Crippen molar-refractivity contribution < 1.29 is 70.5 Å². The molecule has 0 unspecified atom stereocenters. The molecule has 1 fully saturated rings. The first-order valence-electron chi connectivity index (χ1n) is 36.2. The number of aromatic nitrogens is 16. The second-order valence-electron chi connectivity index (χ2n) is 26.8. The lowest BCUT2D eigenvalue weighted by molar-refractivity contribution is -0.154. The normalized spacial score (nSPS) is 13.0. The Kier molecular flexibility index (Phi) is 25.9. The van der Waals surface area contributed by atoms with Gasteiger partial charge >= 0.3 is 23.9 Å². The van der Waals surface area contributed by atoms with Crippen LogP contribution in [0.2, 0.25) is 10.0 Å². The minimum Gasteiger partial charge on any atom is -0.456 e. The summed E-state index contributed by atoms with van der Waals surface area (Å²) in [5.74, 6) is -3.84. The molecule has 8 N–H and O–H groups in total. The Morgan fingerprint density at radius 3 is 1.47 bits per heavy atom. The van der Waals surface area contributed by atoms with E-state index < -0.39 is 59.7 Å². The van der Waals surface area contributed by atoms with Gasteiger partial charge in [0.2, 0.25) is 5.65 Å². The third kappa shape index (κ3) is 20.7. The number of H-pyrrole nitrogens is 4. The molecule has 15 rings (SSSR count). The summed E-state index contributed by atoms with van der Waals surface area (Å²) in [7, 11) is 0. The number of carbonyl (C=O) groups excluding carboxylic acids is 8. The number of rotatable bonds is 21. The summed E-state index contributed by atoms with van der Waals surface area (Å²) in [5.41, 5.74) is 11.4. The quantitative estimate of drug-likeness (QED) is 0.0245. The molecule has 8 heterocycles. The summed E-state index contributed by atoms with van der Waals surface area (Å²) < 4.78 is 65.9. The zero-order valence-corrected chi connectivity index (χ0v) is 64.7. The molecular formula is C79H75Cl2F3N20O12. The Morgan fingerprint density at radius 2 is 0.948 bits per heavy atom. The number of aromatic amines is 4. The topological polar surface area (TPSA) is 406 Å². The van der Waals surface area contributed by atoms with Crippen molar-refractivity contribution in [1.82, 2.24) is 79.2 Å².